The number of ether oxygens (including phenoxy) is 1. The number of esters is 1. The van der Waals surface area contributed by atoms with Gasteiger partial charge in [-0.15, -0.1) is 10.2 Å². The van der Waals surface area contributed by atoms with E-state index in [2.05, 4.69) is 20.8 Å². The van der Waals surface area contributed by atoms with Gasteiger partial charge in [-0.25, -0.2) is 9.59 Å². The Bertz CT molecular complexity index is 1180. The van der Waals surface area contributed by atoms with Crippen molar-refractivity contribution in [1.82, 2.24) is 15.1 Å². The van der Waals surface area contributed by atoms with Gasteiger partial charge < -0.3 is 20.3 Å². The highest BCUT2D eigenvalue weighted by molar-refractivity contribution is 7.13. The van der Waals surface area contributed by atoms with E-state index in [0.29, 0.717) is 35.1 Å². The van der Waals surface area contributed by atoms with Gasteiger partial charge in [0.2, 0.25) is 5.01 Å². The molecule has 1 aromatic heterocycles. The fourth-order valence-corrected chi connectivity index (χ4v) is 4.53. The van der Waals surface area contributed by atoms with Crippen LogP contribution in [-0.4, -0.2) is 46.2 Å². The zero-order chi connectivity index (χ0) is 24.1. The molecule has 0 spiro atoms. The number of benzene rings is 2. The lowest BCUT2D eigenvalue weighted by Crippen LogP contribution is -2.34. The third kappa shape index (κ3) is 5.40. The number of aryl methyl sites for hydroxylation is 1. The van der Waals surface area contributed by atoms with Gasteiger partial charge in [0.1, 0.15) is 5.01 Å². The number of aromatic nitrogens is 2. The molecule has 1 atom stereocenters. The van der Waals surface area contributed by atoms with Gasteiger partial charge in [-0.1, -0.05) is 29.0 Å². The van der Waals surface area contributed by atoms with Gasteiger partial charge in [-0.05, 0) is 63.1 Å². The van der Waals surface area contributed by atoms with Crippen molar-refractivity contribution in [1.29, 1.82) is 0 Å². The summed E-state index contributed by atoms with van der Waals surface area (Å²) in [5, 5.41) is 14.8. The van der Waals surface area contributed by atoms with Crippen LogP contribution in [0.5, 0.6) is 0 Å². The number of amides is 3. The number of anilines is 2. The molecule has 34 heavy (non-hydrogen) atoms. The Labute approximate surface area is 201 Å². The van der Waals surface area contributed by atoms with E-state index in [1.807, 2.05) is 31.2 Å². The molecule has 1 aliphatic rings. The van der Waals surface area contributed by atoms with Crippen molar-refractivity contribution in [3.8, 4) is 0 Å². The Morgan fingerprint density at radius 3 is 2.41 bits per heavy atom. The van der Waals surface area contributed by atoms with Crippen molar-refractivity contribution in [2.45, 2.75) is 32.7 Å². The van der Waals surface area contributed by atoms with E-state index in [9.17, 15) is 14.4 Å². The first-order valence-corrected chi connectivity index (χ1v) is 11.8. The summed E-state index contributed by atoms with van der Waals surface area (Å²) in [6, 6.07) is 13.5. The lowest BCUT2D eigenvalue weighted by molar-refractivity contribution is 0.0526. The van der Waals surface area contributed by atoms with E-state index in [4.69, 9.17) is 4.74 Å². The average molecular weight is 480 g/mol. The summed E-state index contributed by atoms with van der Waals surface area (Å²) in [5.41, 5.74) is 2.78. The van der Waals surface area contributed by atoms with Gasteiger partial charge in [-0.3, -0.25) is 4.79 Å². The second kappa shape index (κ2) is 10.4. The van der Waals surface area contributed by atoms with E-state index in [1.165, 1.54) is 11.3 Å². The van der Waals surface area contributed by atoms with Crippen molar-refractivity contribution in [2.24, 2.45) is 0 Å². The molecule has 4 rings (SSSR count). The molecule has 1 unspecified atom stereocenters. The van der Waals surface area contributed by atoms with Crippen molar-refractivity contribution in [3.63, 3.8) is 0 Å². The zero-order valence-corrected chi connectivity index (χ0v) is 19.7. The molecular formula is C24H25N5O4S. The third-order valence-electron chi connectivity index (χ3n) is 5.39. The van der Waals surface area contributed by atoms with Crippen LogP contribution in [0.4, 0.5) is 16.2 Å². The zero-order valence-electron chi connectivity index (χ0n) is 18.9. The monoisotopic (exact) mass is 479 g/mol. The molecule has 2 N–H and O–H groups in total. The van der Waals surface area contributed by atoms with Crippen LogP contribution in [0, 0.1) is 6.92 Å². The molecule has 9 nitrogen and oxygen atoms in total. The summed E-state index contributed by atoms with van der Waals surface area (Å²) in [5.74, 6) is -0.734. The maximum absolute atomic E-state index is 12.9. The second-order valence-corrected chi connectivity index (χ2v) is 8.85. The van der Waals surface area contributed by atoms with Crippen molar-refractivity contribution >= 4 is 40.6 Å². The van der Waals surface area contributed by atoms with Crippen LogP contribution in [0.25, 0.3) is 0 Å². The molecule has 1 saturated heterocycles. The van der Waals surface area contributed by atoms with Crippen LogP contribution < -0.4 is 10.6 Å². The number of hydrogen-bond acceptors (Lipinski definition) is 7. The molecule has 3 aromatic rings. The van der Waals surface area contributed by atoms with Crippen molar-refractivity contribution in [2.75, 3.05) is 23.8 Å². The highest BCUT2D eigenvalue weighted by Crippen LogP contribution is 2.34. The van der Waals surface area contributed by atoms with E-state index >= 15 is 0 Å². The van der Waals surface area contributed by atoms with Crippen LogP contribution in [0.15, 0.2) is 48.5 Å². The first-order valence-electron chi connectivity index (χ1n) is 11.0. The Hall–Kier alpha value is -3.79. The standard InChI is InChI=1S/C24H25N5O4S/c1-3-33-23(31)16-8-12-18(13-9-16)26-24(32)29-14-4-5-19(29)21-27-28-22(34-21)20(30)25-17-10-6-15(2)7-11-17/h6-13,19H,3-5,14H2,1-2H3,(H,25,30)(H,26,32). The van der Waals surface area contributed by atoms with Gasteiger partial charge in [0.15, 0.2) is 0 Å². The number of nitrogens with zero attached hydrogens (tertiary/aromatic N) is 3. The number of carbonyl (C=O) groups is 3. The molecule has 10 heteroatoms. The second-order valence-electron chi connectivity index (χ2n) is 7.84. The Morgan fingerprint density at radius 1 is 1.03 bits per heavy atom. The van der Waals surface area contributed by atoms with Crippen LogP contribution >= 0.6 is 11.3 Å². The lowest BCUT2D eigenvalue weighted by atomic mass is 10.2. The predicted molar refractivity (Wildman–Crippen MR) is 129 cm³/mol. The van der Waals surface area contributed by atoms with Gasteiger partial charge in [0.05, 0.1) is 18.2 Å². The molecule has 1 aliphatic heterocycles. The molecular weight excluding hydrogens is 454 g/mol. The van der Waals surface area contributed by atoms with Gasteiger partial charge in [0, 0.05) is 17.9 Å². The number of urea groups is 1. The smallest absolute Gasteiger partial charge is 0.338 e. The fourth-order valence-electron chi connectivity index (χ4n) is 3.65. The van der Waals surface area contributed by atoms with Crippen molar-refractivity contribution < 1.29 is 19.1 Å². The maximum Gasteiger partial charge on any atom is 0.338 e. The van der Waals surface area contributed by atoms with E-state index in [-0.39, 0.29) is 23.0 Å². The topological polar surface area (TPSA) is 114 Å². The minimum absolute atomic E-state index is 0.248. The van der Waals surface area contributed by atoms with Crippen molar-refractivity contribution in [3.05, 3.63) is 69.7 Å². The minimum atomic E-state index is -0.404. The third-order valence-corrected chi connectivity index (χ3v) is 6.41. The molecule has 2 heterocycles. The van der Waals surface area contributed by atoms with Crippen LogP contribution in [0.2, 0.25) is 0 Å². The molecule has 0 saturated carbocycles. The average Bonchev–Trinajstić information content (AvgIpc) is 3.51. The van der Waals surface area contributed by atoms with Gasteiger partial charge >= 0.3 is 12.0 Å². The molecule has 176 valence electrons. The SMILES string of the molecule is CCOC(=O)c1ccc(NC(=O)N2CCCC2c2nnc(C(=O)Nc3ccc(C)cc3)s2)cc1. The Kier molecular flexibility index (Phi) is 7.17. The van der Waals surface area contributed by atoms with E-state index in [1.54, 1.807) is 36.1 Å². The Morgan fingerprint density at radius 2 is 1.71 bits per heavy atom. The fraction of sp³-hybridized carbons (Fsp3) is 0.292. The first-order chi connectivity index (χ1) is 16.4. The normalized spacial score (nSPS) is 15.1. The quantitative estimate of drug-likeness (QED) is 0.498. The molecule has 2 aromatic carbocycles. The lowest BCUT2D eigenvalue weighted by Gasteiger charge is -2.23. The number of hydrogen-bond donors (Lipinski definition) is 2. The molecule has 3 amide bonds. The summed E-state index contributed by atoms with van der Waals surface area (Å²) in [6.45, 7) is 4.59. The molecule has 1 fully saturated rings. The highest BCUT2D eigenvalue weighted by atomic mass is 32.1. The number of nitrogens with one attached hydrogen (secondary N) is 2. The van der Waals surface area contributed by atoms with Crippen LogP contribution in [-0.2, 0) is 4.74 Å². The summed E-state index contributed by atoms with van der Waals surface area (Å²) >= 11 is 1.19. The van der Waals surface area contributed by atoms with Crippen LogP contribution in [0.1, 0.15) is 56.5 Å². The van der Waals surface area contributed by atoms with Crippen LogP contribution in [0.3, 0.4) is 0 Å². The summed E-state index contributed by atoms with van der Waals surface area (Å²) in [6.07, 6.45) is 1.56. The van der Waals surface area contributed by atoms with Gasteiger partial charge in [0.25, 0.3) is 5.91 Å². The summed E-state index contributed by atoms with van der Waals surface area (Å²) in [4.78, 5) is 39.0. The number of rotatable bonds is 6. The van der Waals surface area contributed by atoms with E-state index in [0.717, 1.165) is 18.4 Å². The first kappa shape index (κ1) is 23.4. The summed E-state index contributed by atoms with van der Waals surface area (Å²) < 4.78 is 4.98. The largest absolute Gasteiger partial charge is 0.462 e. The molecule has 0 aliphatic carbocycles. The summed E-state index contributed by atoms with van der Waals surface area (Å²) in [7, 11) is 0. The maximum atomic E-state index is 12.9. The van der Waals surface area contributed by atoms with E-state index < -0.39 is 5.97 Å². The predicted octanol–water partition coefficient (Wildman–Crippen LogP) is 4.64. The van der Waals surface area contributed by atoms with Gasteiger partial charge in [-0.2, -0.15) is 0 Å². The number of carbonyl (C=O) groups excluding carboxylic acids is 3. The minimum Gasteiger partial charge on any atom is -0.462 e. The highest BCUT2D eigenvalue weighted by Gasteiger charge is 2.33. The number of likely N-dealkylation sites (tertiary alicyclic amines) is 1. The molecule has 0 radical (unpaired) electrons. The Balaban J connectivity index is 1.39. The molecule has 0 bridgehead atoms.